The molecule has 0 atom stereocenters. The lowest BCUT2D eigenvalue weighted by Gasteiger charge is -2.02. The number of anilines is 1. The third kappa shape index (κ3) is 2.22. The number of hydrogen-bond donors (Lipinski definition) is 1. The Kier molecular flexibility index (Phi) is 2.85. The first kappa shape index (κ1) is 11.5. The summed E-state index contributed by atoms with van der Waals surface area (Å²) in [6, 6.07) is 5.93. The lowest BCUT2D eigenvalue weighted by Crippen LogP contribution is -1.97. The fraction of sp³-hybridized carbons (Fsp3) is 0. The summed E-state index contributed by atoms with van der Waals surface area (Å²) in [6.45, 7) is 0. The van der Waals surface area contributed by atoms with Crippen LogP contribution in [-0.4, -0.2) is 14.9 Å². The van der Waals surface area contributed by atoms with Crippen molar-refractivity contribution in [2.24, 2.45) is 0 Å². The van der Waals surface area contributed by atoms with Gasteiger partial charge >= 0.3 is 0 Å². The molecule has 0 unspecified atom stereocenters. The Morgan fingerprint density at radius 1 is 1.33 bits per heavy atom. The number of aromatic nitrogens is 2. The highest BCUT2D eigenvalue weighted by Gasteiger charge is 2.11. The molecule has 0 fully saturated rings. The van der Waals surface area contributed by atoms with E-state index in [9.17, 15) is 10.1 Å². The third-order valence-electron chi connectivity index (χ3n) is 2.20. The van der Waals surface area contributed by atoms with E-state index in [4.69, 9.17) is 11.0 Å². The number of nitriles is 1. The van der Waals surface area contributed by atoms with Gasteiger partial charge in [-0.1, -0.05) is 0 Å². The molecule has 0 aliphatic heterocycles. The van der Waals surface area contributed by atoms with Gasteiger partial charge in [-0.2, -0.15) is 5.26 Å². The van der Waals surface area contributed by atoms with Crippen LogP contribution in [0.3, 0.4) is 0 Å². The minimum absolute atomic E-state index is 0.0431. The smallest absolute Gasteiger partial charge is 0.275 e. The van der Waals surface area contributed by atoms with E-state index in [1.807, 2.05) is 6.07 Å². The molecule has 0 aromatic carbocycles. The molecule has 2 N–H and O–H groups in total. The topological polar surface area (TPSA) is 119 Å². The van der Waals surface area contributed by atoms with Crippen LogP contribution in [0.2, 0.25) is 0 Å². The van der Waals surface area contributed by atoms with E-state index < -0.39 is 4.92 Å². The van der Waals surface area contributed by atoms with Crippen LogP contribution in [0.15, 0.2) is 30.6 Å². The molecule has 2 aromatic heterocycles. The molecule has 18 heavy (non-hydrogen) atoms. The Balaban J connectivity index is 2.57. The van der Waals surface area contributed by atoms with Crippen LogP contribution in [-0.2, 0) is 0 Å². The Morgan fingerprint density at radius 2 is 2.11 bits per heavy atom. The molecule has 2 rings (SSSR count). The van der Waals surface area contributed by atoms with Crippen LogP contribution in [0.4, 0.5) is 11.5 Å². The average Bonchev–Trinajstić information content (AvgIpc) is 2.38. The molecule has 7 nitrogen and oxygen atoms in total. The minimum atomic E-state index is -0.552. The Morgan fingerprint density at radius 3 is 2.78 bits per heavy atom. The summed E-state index contributed by atoms with van der Waals surface area (Å²) >= 11 is 0. The number of nitrogens with two attached hydrogens (primary N) is 1. The number of nitro groups is 1. The normalized spacial score (nSPS) is 9.72. The molecular weight excluding hydrogens is 234 g/mol. The van der Waals surface area contributed by atoms with Crippen LogP contribution in [0.25, 0.3) is 11.3 Å². The summed E-state index contributed by atoms with van der Waals surface area (Å²) in [7, 11) is 0. The van der Waals surface area contributed by atoms with E-state index in [1.165, 1.54) is 24.5 Å². The Bertz CT molecular complexity index is 663. The molecule has 7 heteroatoms. The van der Waals surface area contributed by atoms with Crippen molar-refractivity contribution in [3.8, 4) is 17.3 Å². The highest BCUT2D eigenvalue weighted by molar-refractivity contribution is 5.65. The van der Waals surface area contributed by atoms with Crippen LogP contribution in [0.5, 0.6) is 0 Å². The summed E-state index contributed by atoms with van der Waals surface area (Å²) in [5.74, 6) is 0.0431. The van der Waals surface area contributed by atoms with Gasteiger partial charge < -0.3 is 5.73 Å². The fourth-order valence-corrected chi connectivity index (χ4v) is 1.43. The van der Waals surface area contributed by atoms with Crippen LogP contribution >= 0.6 is 0 Å². The number of pyridine rings is 2. The van der Waals surface area contributed by atoms with E-state index in [-0.39, 0.29) is 11.5 Å². The van der Waals surface area contributed by atoms with Gasteiger partial charge in [0.1, 0.15) is 11.9 Å². The summed E-state index contributed by atoms with van der Waals surface area (Å²) in [4.78, 5) is 18.0. The van der Waals surface area contributed by atoms with Gasteiger partial charge in [0.05, 0.1) is 22.2 Å². The molecule has 0 aliphatic rings. The number of rotatable bonds is 2. The standard InChI is InChI=1S/C11H7N5O2/c12-4-7-1-8(6-14-5-7)10-2-9(16(17)18)3-11(13)15-10/h1-3,5-6H,(H2,13,15). The highest BCUT2D eigenvalue weighted by Crippen LogP contribution is 2.23. The number of nitrogens with zero attached hydrogens (tertiary/aromatic N) is 4. The lowest BCUT2D eigenvalue weighted by atomic mass is 10.1. The zero-order valence-electron chi connectivity index (χ0n) is 9.07. The van der Waals surface area contributed by atoms with E-state index in [2.05, 4.69) is 9.97 Å². The molecule has 0 spiro atoms. The minimum Gasteiger partial charge on any atom is -0.383 e. The maximum absolute atomic E-state index is 10.7. The number of hydrogen-bond acceptors (Lipinski definition) is 6. The summed E-state index contributed by atoms with van der Waals surface area (Å²) in [6.07, 6.45) is 2.86. The van der Waals surface area contributed by atoms with Gasteiger partial charge in [-0.05, 0) is 6.07 Å². The second-order valence-corrected chi connectivity index (χ2v) is 3.47. The molecule has 0 amide bonds. The zero-order valence-corrected chi connectivity index (χ0v) is 9.07. The van der Waals surface area contributed by atoms with E-state index in [0.29, 0.717) is 16.8 Å². The maximum atomic E-state index is 10.7. The summed E-state index contributed by atoms with van der Waals surface area (Å²) in [5.41, 5.74) is 6.51. The van der Waals surface area contributed by atoms with E-state index in [0.717, 1.165) is 0 Å². The molecule has 2 aromatic rings. The fourth-order valence-electron chi connectivity index (χ4n) is 1.43. The maximum Gasteiger partial charge on any atom is 0.275 e. The summed E-state index contributed by atoms with van der Waals surface area (Å²) in [5, 5.41) is 19.5. The van der Waals surface area contributed by atoms with Crippen LogP contribution in [0, 0.1) is 21.4 Å². The van der Waals surface area contributed by atoms with Crippen LogP contribution in [0.1, 0.15) is 5.56 Å². The van der Waals surface area contributed by atoms with Crippen molar-refractivity contribution in [2.75, 3.05) is 5.73 Å². The number of nitrogen functional groups attached to an aromatic ring is 1. The molecule has 2 heterocycles. The van der Waals surface area contributed by atoms with Crippen molar-refractivity contribution in [1.29, 1.82) is 5.26 Å². The molecular formula is C11H7N5O2. The molecule has 0 radical (unpaired) electrons. The van der Waals surface area contributed by atoms with E-state index >= 15 is 0 Å². The second-order valence-electron chi connectivity index (χ2n) is 3.47. The van der Waals surface area contributed by atoms with Gasteiger partial charge in [0, 0.05) is 24.0 Å². The molecule has 0 bridgehead atoms. The zero-order chi connectivity index (χ0) is 13.1. The largest absolute Gasteiger partial charge is 0.383 e. The lowest BCUT2D eigenvalue weighted by molar-refractivity contribution is -0.384. The van der Waals surface area contributed by atoms with Crippen molar-refractivity contribution < 1.29 is 4.92 Å². The highest BCUT2D eigenvalue weighted by atomic mass is 16.6. The first-order valence-electron chi connectivity index (χ1n) is 4.87. The van der Waals surface area contributed by atoms with Gasteiger partial charge in [0.25, 0.3) is 5.69 Å². The SMILES string of the molecule is N#Cc1cncc(-c2cc([N+](=O)[O-])cc(N)n2)c1. The third-order valence-corrected chi connectivity index (χ3v) is 2.20. The quantitative estimate of drug-likeness (QED) is 0.628. The van der Waals surface area contributed by atoms with Crippen molar-refractivity contribution in [2.45, 2.75) is 0 Å². The monoisotopic (exact) mass is 241 g/mol. The Hall–Kier alpha value is -3.01. The van der Waals surface area contributed by atoms with Gasteiger partial charge in [-0.25, -0.2) is 4.98 Å². The van der Waals surface area contributed by atoms with Gasteiger partial charge in [0.2, 0.25) is 0 Å². The van der Waals surface area contributed by atoms with Gasteiger partial charge in [-0.3, -0.25) is 15.1 Å². The van der Waals surface area contributed by atoms with Crippen molar-refractivity contribution in [1.82, 2.24) is 9.97 Å². The van der Waals surface area contributed by atoms with Gasteiger partial charge in [0.15, 0.2) is 0 Å². The predicted molar refractivity (Wildman–Crippen MR) is 63.2 cm³/mol. The first-order chi connectivity index (χ1) is 8.60. The summed E-state index contributed by atoms with van der Waals surface area (Å²) < 4.78 is 0. The van der Waals surface area contributed by atoms with Crippen LogP contribution < -0.4 is 5.73 Å². The molecule has 0 saturated heterocycles. The Labute approximate surface area is 102 Å². The van der Waals surface area contributed by atoms with Crippen molar-refractivity contribution >= 4 is 11.5 Å². The van der Waals surface area contributed by atoms with E-state index in [1.54, 1.807) is 6.07 Å². The molecule has 0 aliphatic carbocycles. The molecule has 88 valence electrons. The van der Waals surface area contributed by atoms with Crippen molar-refractivity contribution in [3.05, 3.63) is 46.3 Å². The average molecular weight is 241 g/mol. The predicted octanol–water partition coefficient (Wildman–Crippen LogP) is 1.51. The second kappa shape index (κ2) is 4.47. The molecule has 0 saturated carbocycles. The first-order valence-corrected chi connectivity index (χ1v) is 4.87. The van der Waals surface area contributed by atoms with Crippen molar-refractivity contribution in [3.63, 3.8) is 0 Å². The van der Waals surface area contributed by atoms with Gasteiger partial charge in [-0.15, -0.1) is 0 Å².